The highest BCUT2D eigenvalue weighted by molar-refractivity contribution is 5.56. The average Bonchev–Trinajstić information content (AvgIpc) is 2.24. The lowest BCUT2D eigenvalue weighted by molar-refractivity contribution is -0.385. The summed E-state index contributed by atoms with van der Waals surface area (Å²) in [5, 5.41) is 12.1. The van der Waals surface area contributed by atoms with Gasteiger partial charge < -0.3 is 5.32 Å². The second-order valence-corrected chi connectivity index (χ2v) is 3.30. The Bertz CT molecular complexity index is 447. The van der Waals surface area contributed by atoms with E-state index in [2.05, 4.69) is 0 Å². The van der Waals surface area contributed by atoms with Gasteiger partial charge in [-0.1, -0.05) is 0 Å². The first-order valence-corrected chi connectivity index (χ1v) is 4.58. The number of rotatable bonds is 4. The van der Waals surface area contributed by atoms with Gasteiger partial charge in [-0.3, -0.25) is 10.1 Å². The molecule has 0 bridgehead atoms. The first-order chi connectivity index (χ1) is 8.20. The van der Waals surface area contributed by atoms with E-state index in [0.717, 1.165) is 12.1 Å². The quantitative estimate of drug-likeness (QED) is 0.517. The van der Waals surface area contributed by atoms with Crippen molar-refractivity contribution >= 4 is 11.4 Å². The molecule has 0 saturated heterocycles. The molecular weight excluding hydrogens is 263 g/mol. The highest BCUT2D eigenvalue weighted by Crippen LogP contribution is 2.31. The van der Waals surface area contributed by atoms with E-state index in [1.807, 2.05) is 0 Å². The highest BCUT2D eigenvalue weighted by Gasteiger charge is 2.28. The van der Waals surface area contributed by atoms with E-state index in [4.69, 9.17) is 0 Å². The van der Waals surface area contributed by atoms with Gasteiger partial charge in [-0.05, 0) is 6.07 Å². The number of nitro benzene ring substituents is 1. The molecule has 0 spiro atoms. The standard InChI is InChI=1S/C9H7F5N2O2/c10-8(11)6-3-5(16(17)18)1-2-7(6)15-4-9(12,13)14/h1-3,8,15H,4H2. The Balaban J connectivity index is 3.01. The molecule has 1 aromatic rings. The minimum Gasteiger partial charge on any atom is -0.376 e. The monoisotopic (exact) mass is 270 g/mol. The van der Waals surface area contributed by atoms with Crippen LogP contribution in [0.3, 0.4) is 0 Å². The van der Waals surface area contributed by atoms with Gasteiger partial charge >= 0.3 is 6.18 Å². The summed E-state index contributed by atoms with van der Waals surface area (Å²) in [6.45, 7) is -1.50. The fourth-order valence-electron chi connectivity index (χ4n) is 1.20. The third-order valence-corrected chi connectivity index (χ3v) is 1.96. The van der Waals surface area contributed by atoms with E-state index in [-0.39, 0.29) is 0 Å². The number of benzene rings is 1. The fraction of sp³-hybridized carbons (Fsp3) is 0.333. The molecule has 0 aromatic heterocycles. The Kier molecular flexibility index (Phi) is 4.04. The van der Waals surface area contributed by atoms with Crippen molar-refractivity contribution < 1.29 is 26.9 Å². The zero-order valence-corrected chi connectivity index (χ0v) is 8.67. The molecule has 0 aliphatic carbocycles. The third-order valence-electron chi connectivity index (χ3n) is 1.96. The van der Waals surface area contributed by atoms with Crippen molar-refractivity contribution in [2.75, 3.05) is 11.9 Å². The molecule has 1 aromatic carbocycles. The molecule has 1 rings (SSSR count). The Morgan fingerprint density at radius 1 is 1.33 bits per heavy atom. The molecule has 0 radical (unpaired) electrons. The van der Waals surface area contributed by atoms with E-state index in [1.54, 1.807) is 5.32 Å². The smallest absolute Gasteiger partial charge is 0.376 e. The number of hydrogen-bond donors (Lipinski definition) is 1. The van der Waals surface area contributed by atoms with Crippen LogP contribution in [0.1, 0.15) is 12.0 Å². The van der Waals surface area contributed by atoms with Crippen LogP contribution in [0.2, 0.25) is 0 Å². The predicted octanol–water partition coefficient (Wildman–Crippen LogP) is 3.51. The molecule has 1 N–H and O–H groups in total. The van der Waals surface area contributed by atoms with Crippen molar-refractivity contribution in [2.24, 2.45) is 0 Å². The van der Waals surface area contributed by atoms with Gasteiger partial charge in [-0.15, -0.1) is 0 Å². The summed E-state index contributed by atoms with van der Waals surface area (Å²) in [6.07, 6.45) is -7.68. The van der Waals surface area contributed by atoms with E-state index in [9.17, 15) is 32.1 Å². The molecule has 0 fully saturated rings. The first kappa shape index (κ1) is 14.1. The van der Waals surface area contributed by atoms with Gasteiger partial charge in [0.2, 0.25) is 0 Å². The number of non-ortho nitro benzene ring substituents is 1. The fourth-order valence-corrected chi connectivity index (χ4v) is 1.20. The number of nitrogens with one attached hydrogen (secondary N) is 1. The molecule has 0 heterocycles. The lowest BCUT2D eigenvalue weighted by atomic mass is 10.1. The van der Waals surface area contributed by atoms with Crippen LogP contribution in [0.4, 0.5) is 33.3 Å². The molecule has 9 heteroatoms. The summed E-state index contributed by atoms with van der Waals surface area (Å²) in [5.41, 5.74) is -1.93. The molecule has 0 saturated carbocycles. The van der Waals surface area contributed by atoms with Gasteiger partial charge in [0, 0.05) is 23.4 Å². The van der Waals surface area contributed by atoms with Crippen LogP contribution < -0.4 is 5.32 Å². The van der Waals surface area contributed by atoms with Gasteiger partial charge in [0.15, 0.2) is 0 Å². The summed E-state index contributed by atoms with van der Waals surface area (Å²) in [6, 6.07) is 2.22. The number of halogens is 5. The van der Waals surface area contributed by atoms with Gasteiger partial charge in [-0.2, -0.15) is 13.2 Å². The van der Waals surface area contributed by atoms with Gasteiger partial charge in [0.1, 0.15) is 6.54 Å². The molecule has 0 aliphatic heterocycles. The molecule has 0 atom stereocenters. The number of alkyl halides is 5. The Hall–Kier alpha value is -1.93. The molecule has 0 unspecified atom stereocenters. The van der Waals surface area contributed by atoms with Crippen molar-refractivity contribution in [3.63, 3.8) is 0 Å². The Labute approximate surface area is 97.6 Å². The SMILES string of the molecule is O=[N+]([O-])c1ccc(NCC(F)(F)F)c(C(F)F)c1. The number of hydrogen-bond acceptors (Lipinski definition) is 3. The van der Waals surface area contributed by atoms with Crippen molar-refractivity contribution in [3.8, 4) is 0 Å². The van der Waals surface area contributed by atoms with Crippen LogP contribution in [-0.2, 0) is 0 Å². The summed E-state index contributed by atoms with van der Waals surface area (Å²) >= 11 is 0. The van der Waals surface area contributed by atoms with Crippen LogP contribution in [0.15, 0.2) is 18.2 Å². The normalized spacial score (nSPS) is 11.7. The topological polar surface area (TPSA) is 55.2 Å². The van der Waals surface area contributed by atoms with E-state index < -0.39 is 41.0 Å². The lowest BCUT2D eigenvalue weighted by Crippen LogP contribution is -2.22. The van der Waals surface area contributed by atoms with Crippen molar-refractivity contribution in [3.05, 3.63) is 33.9 Å². The van der Waals surface area contributed by atoms with E-state index in [0.29, 0.717) is 6.07 Å². The second kappa shape index (κ2) is 5.15. The van der Waals surface area contributed by atoms with Crippen molar-refractivity contribution in [2.45, 2.75) is 12.6 Å². The largest absolute Gasteiger partial charge is 0.405 e. The molecular formula is C9H7F5N2O2. The van der Waals surface area contributed by atoms with Crippen molar-refractivity contribution in [1.82, 2.24) is 0 Å². The lowest BCUT2D eigenvalue weighted by Gasteiger charge is -2.13. The van der Waals surface area contributed by atoms with E-state index in [1.165, 1.54) is 0 Å². The number of anilines is 1. The van der Waals surface area contributed by atoms with Crippen LogP contribution >= 0.6 is 0 Å². The molecule has 18 heavy (non-hydrogen) atoms. The molecule has 4 nitrogen and oxygen atoms in total. The molecule has 0 amide bonds. The predicted molar refractivity (Wildman–Crippen MR) is 52.6 cm³/mol. The average molecular weight is 270 g/mol. The maximum Gasteiger partial charge on any atom is 0.405 e. The zero-order valence-electron chi connectivity index (χ0n) is 8.67. The van der Waals surface area contributed by atoms with Crippen LogP contribution in [0.5, 0.6) is 0 Å². The minimum atomic E-state index is -4.57. The summed E-state index contributed by atoms with van der Waals surface area (Å²) < 4.78 is 60.9. The van der Waals surface area contributed by atoms with Gasteiger partial charge in [0.05, 0.1) is 4.92 Å². The van der Waals surface area contributed by atoms with Crippen molar-refractivity contribution in [1.29, 1.82) is 0 Å². The zero-order chi connectivity index (χ0) is 13.9. The number of nitro groups is 1. The maximum absolute atomic E-state index is 12.5. The first-order valence-electron chi connectivity index (χ1n) is 4.58. The molecule has 100 valence electrons. The van der Waals surface area contributed by atoms with Gasteiger partial charge in [-0.25, -0.2) is 8.78 Å². The van der Waals surface area contributed by atoms with E-state index >= 15 is 0 Å². The summed E-state index contributed by atoms with van der Waals surface area (Å²) in [4.78, 5) is 9.46. The van der Waals surface area contributed by atoms with Crippen LogP contribution in [0, 0.1) is 10.1 Å². The minimum absolute atomic E-state index is 0.479. The summed E-state index contributed by atoms with van der Waals surface area (Å²) in [5.74, 6) is 0. The Morgan fingerprint density at radius 3 is 2.39 bits per heavy atom. The number of nitrogens with zero attached hydrogens (tertiary/aromatic N) is 1. The Morgan fingerprint density at radius 2 is 1.94 bits per heavy atom. The van der Waals surface area contributed by atoms with Gasteiger partial charge in [0.25, 0.3) is 12.1 Å². The highest BCUT2D eigenvalue weighted by atomic mass is 19.4. The maximum atomic E-state index is 12.5. The third kappa shape index (κ3) is 3.82. The summed E-state index contributed by atoms with van der Waals surface area (Å²) in [7, 11) is 0. The second-order valence-electron chi connectivity index (χ2n) is 3.30. The van der Waals surface area contributed by atoms with Crippen LogP contribution in [-0.4, -0.2) is 17.6 Å². The molecule has 0 aliphatic rings. The van der Waals surface area contributed by atoms with Crippen LogP contribution in [0.25, 0.3) is 0 Å².